The molecule has 0 N–H and O–H groups in total. The van der Waals surface area contributed by atoms with Crippen LogP contribution < -0.4 is 0 Å². The molecule has 3 aromatic rings. The van der Waals surface area contributed by atoms with E-state index in [2.05, 4.69) is 130 Å². The van der Waals surface area contributed by atoms with Crippen LogP contribution in [0.1, 0.15) is 48.1 Å². The molecule has 3 rings (SSSR count). The van der Waals surface area contributed by atoms with E-state index in [-0.39, 0.29) is 0 Å². The van der Waals surface area contributed by atoms with E-state index >= 15 is 0 Å². The lowest BCUT2D eigenvalue weighted by molar-refractivity contribution is 1.23. The molecule has 0 amide bonds. The molecule has 0 atom stereocenters. The largest absolute Gasteiger partial charge is 0.0991 e. The van der Waals surface area contributed by atoms with Crippen LogP contribution in [0.15, 0.2) is 127 Å². The highest BCUT2D eigenvalue weighted by Gasteiger charge is 2.15. The highest BCUT2D eigenvalue weighted by atomic mass is 14.2. The number of hydrogen-bond acceptors (Lipinski definition) is 0. The first-order valence-corrected chi connectivity index (χ1v) is 11.4. The Hall–Kier alpha value is -3.90. The molecule has 0 aliphatic heterocycles. The van der Waals surface area contributed by atoms with Crippen LogP contribution in [0.25, 0.3) is 23.8 Å². The molecule has 0 heteroatoms. The van der Waals surface area contributed by atoms with Crippen molar-refractivity contribution >= 4 is 23.8 Å². The van der Waals surface area contributed by atoms with Crippen molar-refractivity contribution in [2.24, 2.45) is 0 Å². The molecular formula is C33H32. The molecule has 0 radical (unpaired) electrons. The third kappa shape index (κ3) is 6.30. The lowest BCUT2D eigenvalue weighted by Gasteiger charge is -2.18. The number of hydrogen-bond donors (Lipinski definition) is 0. The fraction of sp³-hybridized carbons (Fsp3) is 0.0909. The maximum atomic E-state index is 4.35. The van der Waals surface area contributed by atoms with Crippen molar-refractivity contribution in [1.82, 2.24) is 0 Å². The van der Waals surface area contributed by atoms with Gasteiger partial charge in [0, 0.05) is 0 Å². The van der Waals surface area contributed by atoms with Gasteiger partial charge in [-0.1, -0.05) is 147 Å². The van der Waals surface area contributed by atoms with Gasteiger partial charge in [0.05, 0.1) is 0 Å². The minimum absolute atomic E-state index is 0.993. The predicted molar refractivity (Wildman–Crippen MR) is 148 cm³/mol. The molecule has 0 bridgehead atoms. The van der Waals surface area contributed by atoms with Gasteiger partial charge in [0.2, 0.25) is 0 Å². The van der Waals surface area contributed by atoms with E-state index in [0.29, 0.717) is 0 Å². The Morgan fingerprint density at radius 3 is 2.15 bits per heavy atom. The molecule has 0 unspecified atom stereocenters. The van der Waals surface area contributed by atoms with Crippen LogP contribution in [0.2, 0.25) is 0 Å². The maximum Gasteiger partial charge on any atom is -0.00302 e. The van der Waals surface area contributed by atoms with Crippen LogP contribution in [0.4, 0.5) is 0 Å². The van der Waals surface area contributed by atoms with Crippen molar-refractivity contribution < 1.29 is 0 Å². The first-order valence-electron chi connectivity index (χ1n) is 11.4. The first kappa shape index (κ1) is 23.8. The minimum atomic E-state index is 0.993. The van der Waals surface area contributed by atoms with E-state index in [1.54, 1.807) is 0 Å². The number of benzene rings is 3. The van der Waals surface area contributed by atoms with Gasteiger partial charge in [0.15, 0.2) is 0 Å². The zero-order chi connectivity index (χ0) is 23.5. The van der Waals surface area contributed by atoms with Crippen LogP contribution in [-0.2, 0) is 0 Å². The summed E-state index contributed by atoms with van der Waals surface area (Å²) in [6.45, 7) is 12.5. The van der Waals surface area contributed by atoms with E-state index in [1.807, 2.05) is 18.2 Å². The standard InChI is InChI=1S/C33H32/c1-5-7-18-28-21-15-23-32(31(28)22-8-6-2)33(29-19-13-10-14-20-29)30(26(3)4)25-24-27-16-11-9-12-17-27/h6-25H,2-3,5H2,1,4H3. The molecule has 0 spiro atoms. The summed E-state index contributed by atoms with van der Waals surface area (Å²) < 4.78 is 0. The average Bonchev–Trinajstić information content (AvgIpc) is 2.85. The molecule has 3 aromatic carbocycles. The number of allylic oxidation sites excluding steroid dienone is 6. The minimum Gasteiger partial charge on any atom is -0.0991 e. The summed E-state index contributed by atoms with van der Waals surface area (Å²) in [7, 11) is 0. The maximum absolute atomic E-state index is 4.35. The summed E-state index contributed by atoms with van der Waals surface area (Å²) >= 11 is 0. The van der Waals surface area contributed by atoms with Gasteiger partial charge in [-0.25, -0.2) is 0 Å². The molecule has 164 valence electrons. The highest BCUT2D eigenvalue weighted by molar-refractivity contribution is 5.92. The van der Waals surface area contributed by atoms with Crippen molar-refractivity contribution in [3.8, 4) is 0 Å². The van der Waals surface area contributed by atoms with Gasteiger partial charge in [-0.15, -0.1) is 0 Å². The Bertz CT molecular complexity index is 1200. The fourth-order valence-electron chi connectivity index (χ4n) is 3.79. The summed E-state index contributed by atoms with van der Waals surface area (Å²) in [6, 6.07) is 27.5. The Morgan fingerprint density at radius 2 is 1.52 bits per heavy atom. The Morgan fingerprint density at radius 1 is 0.818 bits per heavy atom. The van der Waals surface area contributed by atoms with Crippen molar-refractivity contribution in [2.75, 3.05) is 0 Å². The monoisotopic (exact) mass is 428 g/mol. The van der Waals surface area contributed by atoms with E-state index in [4.69, 9.17) is 0 Å². The first-order chi connectivity index (χ1) is 16.2. The second-order valence-corrected chi connectivity index (χ2v) is 7.89. The summed E-state index contributed by atoms with van der Waals surface area (Å²) in [4.78, 5) is 0. The summed E-state index contributed by atoms with van der Waals surface area (Å²) in [6.07, 6.45) is 15.7. The fourth-order valence-corrected chi connectivity index (χ4v) is 3.79. The van der Waals surface area contributed by atoms with Gasteiger partial charge in [0.25, 0.3) is 0 Å². The van der Waals surface area contributed by atoms with Gasteiger partial charge in [-0.2, -0.15) is 0 Å². The van der Waals surface area contributed by atoms with Gasteiger partial charge in [0.1, 0.15) is 0 Å². The molecular weight excluding hydrogens is 396 g/mol. The van der Waals surface area contributed by atoms with Crippen molar-refractivity contribution in [1.29, 1.82) is 0 Å². The molecule has 0 saturated heterocycles. The van der Waals surface area contributed by atoms with Crippen LogP contribution in [0.3, 0.4) is 0 Å². The molecule has 33 heavy (non-hydrogen) atoms. The van der Waals surface area contributed by atoms with Crippen molar-refractivity contribution in [3.05, 3.63) is 155 Å². The van der Waals surface area contributed by atoms with Crippen molar-refractivity contribution in [2.45, 2.75) is 20.3 Å². The SMILES string of the molecule is C=CC=Cc1c(C=CCC)cccc1C(=C(C=Cc1ccccc1)C(=C)C)c1ccccc1. The second-order valence-electron chi connectivity index (χ2n) is 7.89. The zero-order valence-corrected chi connectivity index (χ0v) is 19.7. The van der Waals surface area contributed by atoms with Gasteiger partial charge in [-0.05, 0) is 52.3 Å². The summed E-state index contributed by atoms with van der Waals surface area (Å²) in [5, 5.41) is 0. The third-order valence-electron chi connectivity index (χ3n) is 5.37. The smallest absolute Gasteiger partial charge is 0.00302 e. The molecule has 0 aliphatic rings. The third-order valence-corrected chi connectivity index (χ3v) is 5.37. The molecule has 0 aromatic heterocycles. The quantitative estimate of drug-likeness (QED) is 0.298. The van der Waals surface area contributed by atoms with Gasteiger partial charge in [-0.3, -0.25) is 0 Å². The van der Waals surface area contributed by atoms with Gasteiger partial charge >= 0.3 is 0 Å². The van der Waals surface area contributed by atoms with Crippen LogP contribution in [0.5, 0.6) is 0 Å². The Balaban J connectivity index is 2.35. The van der Waals surface area contributed by atoms with Gasteiger partial charge < -0.3 is 0 Å². The molecule has 0 saturated carbocycles. The average molecular weight is 429 g/mol. The van der Waals surface area contributed by atoms with Crippen LogP contribution in [-0.4, -0.2) is 0 Å². The molecule has 0 fully saturated rings. The lowest BCUT2D eigenvalue weighted by Crippen LogP contribution is -1.99. The van der Waals surface area contributed by atoms with E-state index in [1.165, 1.54) is 22.3 Å². The highest BCUT2D eigenvalue weighted by Crippen LogP contribution is 2.35. The Kier molecular flexibility index (Phi) is 8.79. The summed E-state index contributed by atoms with van der Waals surface area (Å²) in [5.41, 5.74) is 9.18. The predicted octanol–water partition coefficient (Wildman–Crippen LogP) is 9.40. The molecule has 0 aliphatic carbocycles. The van der Waals surface area contributed by atoms with Crippen LogP contribution >= 0.6 is 0 Å². The van der Waals surface area contributed by atoms with E-state index < -0.39 is 0 Å². The molecule has 0 nitrogen and oxygen atoms in total. The van der Waals surface area contributed by atoms with Crippen LogP contribution in [0, 0.1) is 0 Å². The normalized spacial score (nSPS) is 12.4. The Labute approximate surface area is 199 Å². The second kappa shape index (κ2) is 12.2. The number of rotatable bonds is 9. The topological polar surface area (TPSA) is 0 Å². The lowest BCUT2D eigenvalue weighted by atomic mass is 9.85. The molecule has 0 heterocycles. The zero-order valence-electron chi connectivity index (χ0n) is 19.7. The summed E-state index contributed by atoms with van der Waals surface area (Å²) in [5.74, 6) is 0. The van der Waals surface area contributed by atoms with E-state index in [0.717, 1.165) is 28.7 Å². The van der Waals surface area contributed by atoms with Crippen molar-refractivity contribution in [3.63, 3.8) is 0 Å². The van der Waals surface area contributed by atoms with E-state index in [9.17, 15) is 0 Å².